The lowest BCUT2D eigenvalue weighted by Crippen LogP contribution is -2.13. The van der Waals surface area contributed by atoms with E-state index in [0.717, 1.165) is 46.5 Å². The number of carbonyl (C=O) groups excluding carboxylic acids is 1. The molecule has 31 heavy (non-hydrogen) atoms. The zero-order valence-corrected chi connectivity index (χ0v) is 18.3. The van der Waals surface area contributed by atoms with Crippen molar-refractivity contribution in [3.63, 3.8) is 0 Å². The smallest absolute Gasteiger partial charge is 0.258 e. The van der Waals surface area contributed by atoms with Crippen molar-refractivity contribution in [1.29, 1.82) is 0 Å². The fraction of sp³-hybridized carbons (Fsp3) is 0.154. The molecular weight excluding hydrogens is 404 g/mol. The van der Waals surface area contributed by atoms with Crippen molar-refractivity contribution in [2.45, 2.75) is 19.8 Å². The number of anilines is 1. The SMILES string of the molecule is COc1cc2c(cc1C)-c1nc(NC(=O)c3ccccc3-c3ccccc3)sc1CC2. The predicted molar refractivity (Wildman–Crippen MR) is 126 cm³/mol. The number of thiazole rings is 1. The zero-order chi connectivity index (χ0) is 21.4. The van der Waals surface area contributed by atoms with Crippen LogP contribution >= 0.6 is 11.3 Å². The molecule has 0 radical (unpaired) electrons. The summed E-state index contributed by atoms with van der Waals surface area (Å²) in [5.74, 6) is 0.764. The van der Waals surface area contributed by atoms with Crippen molar-refractivity contribution in [3.8, 4) is 28.1 Å². The predicted octanol–water partition coefficient (Wildman–Crippen LogP) is 6.15. The molecule has 0 fully saturated rings. The summed E-state index contributed by atoms with van der Waals surface area (Å²) in [4.78, 5) is 19.2. The molecule has 1 N–H and O–H groups in total. The number of methoxy groups -OCH3 is 1. The van der Waals surface area contributed by atoms with Crippen molar-refractivity contribution in [2.24, 2.45) is 0 Å². The van der Waals surface area contributed by atoms with Gasteiger partial charge in [0.1, 0.15) is 5.75 Å². The molecule has 0 unspecified atom stereocenters. The first kappa shape index (κ1) is 19.5. The maximum atomic E-state index is 13.1. The molecule has 3 aromatic carbocycles. The second-order valence-corrected chi connectivity index (χ2v) is 8.72. The minimum atomic E-state index is -0.142. The molecule has 154 valence electrons. The summed E-state index contributed by atoms with van der Waals surface area (Å²) in [6, 6.07) is 21.9. The Hall–Kier alpha value is -3.44. The van der Waals surface area contributed by atoms with Gasteiger partial charge in [-0.2, -0.15) is 0 Å². The number of benzene rings is 3. The van der Waals surface area contributed by atoms with Crippen LogP contribution in [0.15, 0.2) is 66.7 Å². The van der Waals surface area contributed by atoms with Gasteiger partial charge < -0.3 is 4.74 Å². The largest absolute Gasteiger partial charge is 0.496 e. The molecular formula is C26H22N2O2S. The molecule has 4 aromatic rings. The highest BCUT2D eigenvalue weighted by Crippen LogP contribution is 2.40. The van der Waals surface area contributed by atoms with Crippen LogP contribution < -0.4 is 10.1 Å². The number of aryl methyl sites for hydroxylation is 3. The average Bonchev–Trinajstić information content (AvgIpc) is 3.22. The number of hydrogen-bond acceptors (Lipinski definition) is 4. The third-order valence-electron chi connectivity index (χ3n) is 5.67. The first-order valence-electron chi connectivity index (χ1n) is 10.3. The molecule has 1 amide bonds. The standard InChI is InChI=1S/C26H22N2O2S/c1-16-14-21-18(15-22(16)30-2)12-13-23-24(21)27-26(31-23)28-25(29)20-11-7-6-10-19(20)17-8-4-3-5-9-17/h3-11,14-15H,12-13H2,1-2H3,(H,27,28,29). The van der Waals surface area contributed by atoms with Gasteiger partial charge in [-0.1, -0.05) is 48.5 Å². The summed E-state index contributed by atoms with van der Waals surface area (Å²) in [6.45, 7) is 2.04. The van der Waals surface area contributed by atoms with E-state index in [2.05, 4.69) is 17.4 Å². The second kappa shape index (κ2) is 8.00. The first-order chi connectivity index (χ1) is 15.1. The molecule has 1 aromatic heterocycles. The third kappa shape index (κ3) is 3.62. The Kier molecular flexibility index (Phi) is 5.04. The van der Waals surface area contributed by atoms with Gasteiger partial charge in [0, 0.05) is 16.0 Å². The Morgan fingerprint density at radius 3 is 2.58 bits per heavy atom. The van der Waals surface area contributed by atoms with Gasteiger partial charge in [-0.05, 0) is 60.2 Å². The van der Waals surface area contributed by atoms with E-state index in [9.17, 15) is 4.79 Å². The number of amides is 1. The lowest BCUT2D eigenvalue weighted by atomic mass is 9.91. The van der Waals surface area contributed by atoms with Crippen LogP contribution in [0.4, 0.5) is 5.13 Å². The van der Waals surface area contributed by atoms with Gasteiger partial charge in [0.15, 0.2) is 5.13 Å². The number of carbonyl (C=O) groups is 1. The van der Waals surface area contributed by atoms with E-state index < -0.39 is 0 Å². The van der Waals surface area contributed by atoms with Gasteiger partial charge in [-0.3, -0.25) is 10.1 Å². The highest BCUT2D eigenvalue weighted by molar-refractivity contribution is 7.16. The van der Waals surface area contributed by atoms with Crippen LogP contribution in [0, 0.1) is 6.92 Å². The van der Waals surface area contributed by atoms with Gasteiger partial charge in [0.05, 0.1) is 12.8 Å². The fourth-order valence-electron chi connectivity index (χ4n) is 4.13. The minimum Gasteiger partial charge on any atom is -0.496 e. The minimum absolute atomic E-state index is 0.142. The second-order valence-electron chi connectivity index (χ2n) is 7.64. The Morgan fingerprint density at radius 2 is 1.77 bits per heavy atom. The quantitative estimate of drug-likeness (QED) is 0.426. The Morgan fingerprint density at radius 1 is 1.00 bits per heavy atom. The molecule has 0 saturated heterocycles. The average molecular weight is 427 g/mol. The molecule has 1 aliphatic carbocycles. The number of aromatic nitrogens is 1. The molecule has 4 nitrogen and oxygen atoms in total. The molecule has 0 spiro atoms. The van der Waals surface area contributed by atoms with Gasteiger partial charge in [0.25, 0.3) is 5.91 Å². The maximum absolute atomic E-state index is 13.1. The van der Waals surface area contributed by atoms with Crippen LogP contribution in [-0.4, -0.2) is 18.0 Å². The molecule has 0 saturated carbocycles. The van der Waals surface area contributed by atoms with E-state index in [4.69, 9.17) is 9.72 Å². The summed E-state index contributed by atoms with van der Waals surface area (Å²) in [5, 5.41) is 3.68. The molecule has 0 bridgehead atoms. The first-order valence-corrected chi connectivity index (χ1v) is 11.1. The Bertz CT molecular complexity index is 1280. The maximum Gasteiger partial charge on any atom is 0.258 e. The van der Waals surface area contributed by atoms with Crippen molar-refractivity contribution in [1.82, 2.24) is 4.98 Å². The van der Waals surface area contributed by atoms with Gasteiger partial charge in [-0.25, -0.2) is 4.98 Å². The molecule has 5 rings (SSSR count). The molecule has 1 heterocycles. The monoisotopic (exact) mass is 426 g/mol. The summed E-state index contributed by atoms with van der Waals surface area (Å²) in [5.41, 5.74) is 7.02. The molecule has 0 aliphatic heterocycles. The van der Waals surface area contributed by atoms with Crippen LogP contribution in [0.2, 0.25) is 0 Å². The van der Waals surface area contributed by atoms with Crippen LogP contribution in [0.25, 0.3) is 22.4 Å². The van der Waals surface area contributed by atoms with E-state index in [-0.39, 0.29) is 5.91 Å². The van der Waals surface area contributed by atoms with Crippen LogP contribution in [0.3, 0.4) is 0 Å². The van der Waals surface area contributed by atoms with Crippen molar-refractivity contribution in [2.75, 3.05) is 12.4 Å². The van der Waals surface area contributed by atoms with Crippen molar-refractivity contribution >= 4 is 22.4 Å². The molecule has 1 aliphatic rings. The van der Waals surface area contributed by atoms with E-state index >= 15 is 0 Å². The van der Waals surface area contributed by atoms with Gasteiger partial charge in [0.2, 0.25) is 0 Å². The van der Waals surface area contributed by atoms with Crippen LogP contribution in [0.1, 0.15) is 26.4 Å². The van der Waals surface area contributed by atoms with Crippen LogP contribution in [0.5, 0.6) is 5.75 Å². The highest BCUT2D eigenvalue weighted by atomic mass is 32.1. The number of nitrogens with one attached hydrogen (secondary N) is 1. The number of rotatable bonds is 4. The van der Waals surface area contributed by atoms with E-state index in [1.165, 1.54) is 10.4 Å². The van der Waals surface area contributed by atoms with Crippen molar-refractivity contribution in [3.05, 3.63) is 88.3 Å². The lowest BCUT2D eigenvalue weighted by molar-refractivity contribution is 0.102. The van der Waals surface area contributed by atoms with Crippen LogP contribution in [-0.2, 0) is 12.8 Å². The van der Waals surface area contributed by atoms with E-state index in [1.54, 1.807) is 18.4 Å². The molecule has 5 heteroatoms. The molecule has 0 atom stereocenters. The zero-order valence-electron chi connectivity index (χ0n) is 17.4. The van der Waals surface area contributed by atoms with E-state index in [1.807, 2.05) is 61.5 Å². The third-order valence-corrected chi connectivity index (χ3v) is 6.70. The van der Waals surface area contributed by atoms with Crippen molar-refractivity contribution < 1.29 is 9.53 Å². The van der Waals surface area contributed by atoms with E-state index in [0.29, 0.717) is 10.7 Å². The number of fused-ring (bicyclic) bond motifs is 3. The number of nitrogens with zero attached hydrogens (tertiary/aromatic N) is 1. The lowest BCUT2D eigenvalue weighted by Gasteiger charge is -2.17. The number of ether oxygens (including phenoxy) is 1. The highest BCUT2D eigenvalue weighted by Gasteiger charge is 2.23. The topological polar surface area (TPSA) is 51.2 Å². The summed E-state index contributed by atoms with van der Waals surface area (Å²) in [7, 11) is 1.70. The summed E-state index contributed by atoms with van der Waals surface area (Å²) in [6.07, 6.45) is 1.87. The van der Waals surface area contributed by atoms with Gasteiger partial charge in [-0.15, -0.1) is 11.3 Å². The van der Waals surface area contributed by atoms with Gasteiger partial charge >= 0.3 is 0 Å². The Balaban J connectivity index is 1.46. The summed E-state index contributed by atoms with van der Waals surface area (Å²) >= 11 is 1.57. The fourth-order valence-corrected chi connectivity index (χ4v) is 5.10. The summed E-state index contributed by atoms with van der Waals surface area (Å²) < 4.78 is 5.48. The normalized spacial score (nSPS) is 12.1. The Labute approximate surface area is 185 Å². The number of hydrogen-bond donors (Lipinski definition) is 1.